The first-order valence-electron chi connectivity index (χ1n) is 6.98. The van der Waals surface area contributed by atoms with Gasteiger partial charge in [-0.05, 0) is 29.2 Å². The molecule has 0 unspecified atom stereocenters. The third-order valence-electron chi connectivity index (χ3n) is 3.49. The molecule has 0 amide bonds. The first-order chi connectivity index (χ1) is 8.69. The van der Waals surface area contributed by atoms with Crippen molar-refractivity contribution >= 4 is 0 Å². The highest BCUT2D eigenvalue weighted by Gasteiger charge is 2.24. The number of hydrogen-bond donors (Lipinski definition) is 0. The van der Waals surface area contributed by atoms with Crippen LogP contribution >= 0.6 is 0 Å². The topological polar surface area (TPSA) is 4.93 Å². The predicted octanol–water partition coefficient (Wildman–Crippen LogP) is 5.07. The van der Waals surface area contributed by atoms with E-state index in [4.69, 9.17) is 0 Å². The fraction of sp³-hybridized carbons (Fsp3) is 0.444. The highest BCUT2D eigenvalue weighted by molar-refractivity contribution is 5.40. The second-order valence-corrected chi connectivity index (χ2v) is 7.32. The Morgan fingerprint density at radius 1 is 0.789 bits per heavy atom. The highest BCUT2D eigenvalue weighted by Crippen LogP contribution is 2.32. The van der Waals surface area contributed by atoms with E-state index in [9.17, 15) is 0 Å². The third kappa shape index (κ3) is 2.91. The van der Waals surface area contributed by atoms with Crippen LogP contribution < -0.4 is 0 Å². The van der Waals surface area contributed by atoms with Crippen molar-refractivity contribution in [3.8, 4) is 5.69 Å². The molecule has 1 aromatic carbocycles. The molecule has 102 valence electrons. The Labute approximate surface area is 117 Å². The Hall–Kier alpha value is -1.50. The number of rotatable bonds is 1. The Morgan fingerprint density at radius 3 is 1.84 bits per heavy atom. The number of hydrogen-bond acceptors (Lipinski definition) is 0. The van der Waals surface area contributed by atoms with Gasteiger partial charge in [0.05, 0.1) is 0 Å². The molecule has 0 N–H and O–H groups in total. The standard InChI is InChI=1S/C18H25N/c1-17(2,3)14-12-16(18(4,5)6)19(13-14)15-10-8-7-9-11-15/h7-13H,1-6H3. The number of nitrogens with zero attached hydrogens (tertiary/aromatic N) is 1. The molecule has 19 heavy (non-hydrogen) atoms. The van der Waals surface area contributed by atoms with Gasteiger partial charge < -0.3 is 4.57 Å². The van der Waals surface area contributed by atoms with Crippen molar-refractivity contribution in [3.05, 3.63) is 53.9 Å². The minimum Gasteiger partial charge on any atom is -0.320 e. The first kappa shape index (κ1) is 13.9. The van der Waals surface area contributed by atoms with Gasteiger partial charge in [-0.1, -0.05) is 59.7 Å². The van der Waals surface area contributed by atoms with Crippen LogP contribution in [0.15, 0.2) is 42.6 Å². The molecule has 0 aliphatic rings. The van der Waals surface area contributed by atoms with E-state index < -0.39 is 0 Å². The molecule has 0 saturated heterocycles. The van der Waals surface area contributed by atoms with Crippen LogP contribution in [0.5, 0.6) is 0 Å². The predicted molar refractivity (Wildman–Crippen MR) is 83.2 cm³/mol. The normalized spacial score (nSPS) is 12.7. The van der Waals surface area contributed by atoms with E-state index in [0.29, 0.717) is 0 Å². The maximum Gasteiger partial charge on any atom is 0.0452 e. The van der Waals surface area contributed by atoms with Crippen LogP contribution in [0.3, 0.4) is 0 Å². The minimum atomic E-state index is 0.138. The summed E-state index contributed by atoms with van der Waals surface area (Å²) in [5.41, 5.74) is 4.31. The van der Waals surface area contributed by atoms with Crippen LogP contribution in [0.25, 0.3) is 5.69 Å². The minimum absolute atomic E-state index is 0.138. The summed E-state index contributed by atoms with van der Waals surface area (Å²) in [4.78, 5) is 0. The van der Waals surface area contributed by atoms with Crippen LogP contribution in [0.4, 0.5) is 0 Å². The number of aromatic nitrogens is 1. The summed E-state index contributed by atoms with van der Waals surface area (Å²) in [6, 6.07) is 12.9. The molecule has 1 nitrogen and oxygen atoms in total. The number of benzene rings is 1. The molecule has 1 heteroatoms. The number of para-hydroxylation sites is 1. The van der Waals surface area contributed by atoms with Crippen molar-refractivity contribution in [3.63, 3.8) is 0 Å². The summed E-state index contributed by atoms with van der Waals surface area (Å²) < 4.78 is 2.33. The SMILES string of the molecule is CC(C)(C)c1cc(C(C)(C)C)n(-c2ccccc2)c1. The zero-order valence-corrected chi connectivity index (χ0v) is 13.0. The van der Waals surface area contributed by atoms with E-state index in [2.05, 4.69) is 88.7 Å². The van der Waals surface area contributed by atoms with Gasteiger partial charge in [-0.3, -0.25) is 0 Å². The summed E-state index contributed by atoms with van der Waals surface area (Å²) >= 11 is 0. The monoisotopic (exact) mass is 255 g/mol. The van der Waals surface area contributed by atoms with Crippen LogP contribution in [0.2, 0.25) is 0 Å². The van der Waals surface area contributed by atoms with Crippen molar-refractivity contribution in [2.45, 2.75) is 52.4 Å². The quantitative estimate of drug-likeness (QED) is 0.670. The molecule has 2 rings (SSSR count). The van der Waals surface area contributed by atoms with E-state index in [1.165, 1.54) is 16.9 Å². The van der Waals surface area contributed by atoms with Gasteiger partial charge in [-0.15, -0.1) is 0 Å². The highest BCUT2D eigenvalue weighted by atomic mass is 15.0. The Morgan fingerprint density at radius 2 is 1.37 bits per heavy atom. The van der Waals surface area contributed by atoms with Crippen molar-refractivity contribution in [2.24, 2.45) is 0 Å². The van der Waals surface area contributed by atoms with E-state index in [-0.39, 0.29) is 10.8 Å². The van der Waals surface area contributed by atoms with E-state index in [0.717, 1.165) is 0 Å². The molecule has 0 fully saturated rings. The molecule has 0 aliphatic heterocycles. The first-order valence-corrected chi connectivity index (χ1v) is 6.98. The lowest BCUT2D eigenvalue weighted by molar-refractivity contribution is 0.556. The smallest absolute Gasteiger partial charge is 0.0452 e. The van der Waals surface area contributed by atoms with Gasteiger partial charge in [0.1, 0.15) is 0 Å². The zero-order chi connectivity index (χ0) is 14.3. The molecule has 0 aliphatic carbocycles. The summed E-state index contributed by atoms with van der Waals surface area (Å²) in [6.07, 6.45) is 2.29. The maximum atomic E-state index is 2.35. The molecule has 0 saturated carbocycles. The average Bonchev–Trinajstić information content (AvgIpc) is 2.74. The van der Waals surface area contributed by atoms with Crippen molar-refractivity contribution in [2.75, 3.05) is 0 Å². The average molecular weight is 255 g/mol. The lowest BCUT2D eigenvalue weighted by Gasteiger charge is -2.21. The Kier molecular flexibility index (Phi) is 3.34. The van der Waals surface area contributed by atoms with Gasteiger partial charge in [0, 0.05) is 23.0 Å². The van der Waals surface area contributed by atoms with Gasteiger partial charge in [-0.2, -0.15) is 0 Å². The molecule has 0 atom stereocenters. The van der Waals surface area contributed by atoms with E-state index in [1.807, 2.05) is 0 Å². The molecule has 0 spiro atoms. The molecular weight excluding hydrogens is 230 g/mol. The van der Waals surface area contributed by atoms with Gasteiger partial charge in [0.2, 0.25) is 0 Å². The van der Waals surface area contributed by atoms with E-state index >= 15 is 0 Å². The Bertz CT molecular complexity index is 548. The Balaban J connectivity index is 2.63. The second-order valence-electron chi connectivity index (χ2n) is 7.32. The van der Waals surface area contributed by atoms with Gasteiger partial charge in [-0.25, -0.2) is 0 Å². The molecule has 0 bridgehead atoms. The lowest BCUT2D eigenvalue weighted by atomic mass is 9.86. The molecule has 2 aromatic rings. The largest absolute Gasteiger partial charge is 0.320 e. The van der Waals surface area contributed by atoms with Crippen LogP contribution in [-0.4, -0.2) is 4.57 Å². The van der Waals surface area contributed by atoms with Gasteiger partial charge in [0.15, 0.2) is 0 Å². The van der Waals surface area contributed by atoms with Gasteiger partial charge >= 0.3 is 0 Å². The third-order valence-corrected chi connectivity index (χ3v) is 3.49. The summed E-state index contributed by atoms with van der Waals surface area (Å²) in [6.45, 7) is 13.6. The fourth-order valence-corrected chi connectivity index (χ4v) is 2.25. The molecule has 1 heterocycles. The van der Waals surface area contributed by atoms with Gasteiger partial charge in [0.25, 0.3) is 0 Å². The fourth-order valence-electron chi connectivity index (χ4n) is 2.25. The van der Waals surface area contributed by atoms with Crippen LogP contribution in [-0.2, 0) is 10.8 Å². The summed E-state index contributed by atoms with van der Waals surface area (Å²) in [7, 11) is 0. The van der Waals surface area contributed by atoms with Crippen molar-refractivity contribution < 1.29 is 0 Å². The zero-order valence-electron chi connectivity index (χ0n) is 13.0. The maximum absolute atomic E-state index is 2.35. The van der Waals surface area contributed by atoms with Crippen molar-refractivity contribution in [1.29, 1.82) is 0 Å². The van der Waals surface area contributed by atoms with E-state index in [1.54, 1.807) is 0 Å². The molecular formula is C18H25N. The summed E-state index contributed by atoms with van der Waals surface area (Å²) in [5, 5.41) is 0. The molecule has 0 radical (unpaired) electrons. The van der Waals surface area contributed by atoms with Crippen molar-refractivity contribution in [1.82, 2.24) is 4.57 Å². The van der Waals surface area contributed by atoms with Crippen LogP contribution in [0.1, 0.15) is 52.8 Å². The van der Waals surface area contributed by atoms with Crippen LogP contribution in [0, 0.1) is 0 Å². The molecule has 1 aromatic heterocycles. The second kappa shape index (κ2) is 4.56. The summed E-state index contributed by atoms with van der Waals surface area (Å²) in [5.74, 6) is 0. The lowest BCUT2D eigenvalue weighted by Crippen LogP contribution is -2.16.